The summed E-state index contributed by atoms with van der Waals surface area (Å²) >= 11 is 5.85. The van der Waals surface area contributed by atoms with E-state index in [1.54, 1.807) is 0 Å². The van der Waals surface area contributed by atoms with E-state index in [0.717, 1.165) is 24.3 Å². The van der Waals surface area contributed by atoms with Crippen LogP contribution >= 0.6 is 11.6 Å². The third kappa shape index (κ3) is 4.74. The fraction of sp³-hybridized carbons (Fsp3) is 0.111. The molecule has 2 heterocycles. The van der Waals surface area contributed by atoms with Crippen LogP contribution < -0.4 is 15.6 Å². The normalized spacial score (nSPS) is 11.3. The number of pyridine rings is 1. The minimum Gasteiger partial charge on any atom is -0.435 e. The number of nitrogens with zero attached hydrogens (tertiary/aromatic N) is 3. The zero-order valence-corrected chi connectivity index (χ0v) is 15.8. The van der Waals surface area contributed by atoms with E-state index in [4.69, 9.17) is 16.3 Å². The number of carbonyl (C=O) groups excluding carboxylic acids is 1. The molecule has 0 aliphatic rings. The molecule has 0 bridgehead atoms. The van der Waals surface area contributed by atoms with E-state index in [0.29, 0.717) is 6.07 Å². The Labute approximate surface area is 170 Å². The molecule has 0 aliphatic heterocycles. The molecule has 3 rings (SSSR count). The van der Waals surface area contributed by atoms with Gasteiger partial charge >= 0.3 is 6.18 Å². The molecule has 0 radical (unpaired) electrons. The van der Waals surface area contributed by atoms with Gasteiger partial charge in [0, 0.05) is 25.0 Å². The zero-order chi connectivity index (χ0) is 22.1. The van der Waals surface area contributed by atoms with Gasteiger partial charge in [-0.15, -0.1) is 10.2 Å². The lowest BCUT2D eigenvalue weighted by Gasteiger charge is -2.13. The Morgan fingerprint density at radius 2 is 1.90 bits per heavy atom. The zero-order valence-electron chi connectivity index (χ0n) is 15.0. The third-order valence-corrected chi connectivity index (χ3v) is 4.05. The number of carbonyl (C=O) groups is 1. The molecule has 0 spiro atoms. The lowest BCUT2D eigenvalue weighted by Crippen LogP contribution is -2.20. The molecular formula is C18H11ClF4N4O3. The van der Waals surface area contributed by atoms with Crippen molar-refractivity contribution in [3.8, 4) is 11.6 Å². The van der Waals surface area contributed by atoms with Crippen LogP contribution in [0.4, 0.5) is 23.2 Å². The van der Waals surface area contributed by atoms with E-state index in [-0.39, 0.29) is 16.5 Å². The largest absolute Gasteiger partial charge is 0.435 e. The highest BCUT2D eigenvalue weighted by molar-refractivity contribution is 6.32. The van der Waals surface area contributed by atoms with E-state index in [1.807, 2.05) is 0 Å². The lowest BCUT2D eigenvalue weighted by molar-refractivity contribution is -0.141. The Kier molecular flexibility index (Phi) is 5.74. The van der Waals surface area contributed by atoms with Crippen molar-refractivity contribution in [3.63, 3.8) is 0 Å². The molecule has 1 N–H and O–H groups in total. The van der Waals surface area contributed by atoms with Gasteiger partial charge in [-0.1, -0.05) is 11.6 Å². The number of alkyl halides is 3. The number of hydrogen-bond acceptors (Lipinski definition) is 5. The van der Waals surface area contributed by atoms with Gasteiger partial charge in [-0.05, 0) is 30.3 Å². The van der Waals surface area contributed by atoms with Crippen LogP contribution in [0.25, 0.3) is 0 Å². The summed E-state index contributed by atoms with van der Waals surface area (Å²) in [6.45, 7) is 0. The Morgan fingerprint density at radius 3 is 2.53 bits per heavy atom. The van der Waals surface area contributed by atoms with Crippen molar-refractivity contribution in [2.75, 3.05) is 5.32 Å². The summed E-state index contributed by atoms with van der Waals surface area (Å²) in [6, 6.07) is 5.91. The SMILES string of the molecule is Cn1ccc(NC(=O)c2cc(C(F)(F)F)nnc2Oc2ccc(F)cc2Cl)cc1=O. The quantitative estimate of drug-likeness (QED) is 0.616. The van der Waals surface area contributed by atoms with Crippen molar-refractivity contribution in [1.82, 2.24) is 14.8 Å². The minimum absolute atomic E-state index is 0.0410. The summed E-state index contributed by atoms with van der Waals surface area (Å²) in [7, 11) is 1.48. The molecular weight excluding hydrogens is 432 g/mol. The number of amides is 1. The first kappa shape index (κ1) is 21.2. The Morgan fingerprint density at radius 1 is 1.17 bits per heavy atom. The van der Waals surface area contributed by atoms with E-state index in [9.17, 15) is 27.2 Å². The Hall–Kier alpha value is -3.47. The monoisotopic (exact) mass is 442 g/mol. The minimum atomic E-state index is -4.88. The van der Waals surface area contributed by atoms with Gasteiger partial charge < -0.3 is 14.6 Å². The molecule has 30 heavy (non-hydrogen) atoms. The van der Waals surface area contributed by atoms with Crippen LogP contribution in [0, 0.1) is 5.82 Å². The Balaban J connectivity index is 2.01. The molecule has 12 heteroatoms. The topological polar surface area (TPSA) is 86.1 Å². The maximum absolute atomic E-state index is 13.2. The van der Waals surface area contributed by atoms with Gasteiger partial charge in [0.05, 0.1) is 5.02 Å². The molecule has 0 unspecified atom stereocenters. The summed E-state index contributed by atoms with van der Waals surface area (Å²) in [5, 5.41) is 8.44. The molecule has 0 atom stereocenters. The highest BCUT2D eigenvalue weighted by Crippen LogP contribution is 2.33. The maximum atomic E-state index is 13.2. The molecule has 0 saturated carbocycles. The number of nitrogens with one attached hydrogen (secondary N) is 1. The number of aromatic nitrogens is 3. The van der Waals surface area contributed by atoms with Crippen LogP contribution in [-0.2, 0) is 13.2 Å². The van der Waals surface area contributed by atoms with Gasteiger partial charge in [-0.3, -0.25) is 9.59 Å². The van der Waals surface area contributed by atoms with Crippen molar-refractivity contribution in [1.29, 1.82) is 0 Å². The second-order valence-electron chi connectivity index (χ2n) is 5.94. The van der Waals surface area contributed by atoms with Crippen molar-refractivity contribution < 1.29 is 27.1 Å². The van der Waals surface area contributed by atoms with Crippen LogP contribution in [0.3, 0.4) is 0 Å². The van der Waals surface area contributed by atoms with E-state index < -0.39 is 40.6 Å². The number of halogens is 5. The van der Waals surface area contributed by atoms with Gasteiger partial charge in [-0.2, -0.15) is 13.2 Å². The predicted octanol–water partition coefficient (Wildman–Crippen LogP) is 4.03. The summed E-state index contributed by atoms with van der Waals surface area (Å²) in [6.07, 6.45) is -3.52. The van der Waals surface area contributed by atoms with Crippen LogP contribution in [0.2, 0.25) is 5.02 Å². The summed E-state index contributed by atoms with van der Waals surface area (Å²) in [5.41, 5.74) is -2.47. The first-order valence-electron chi connectivity index (χ1n) is 8.10. The van der Waals surface area contributed by atoms with Gasteiger partial charge in [0.25, 0.3) is 17.3 Å². The molecule has 2 aromatic heterocycles. The highest BCUT2D eigenvalue weighted by atomic mass is 35.5. The number of ether oxygens (including phenoxy) is 1. The first-order valence-corrected chi connectivity index (χ1v) is 8.48. The second-order valence-corrected chi connectivity index (χ2v) is 6.35. The number of anilines is 1. The number of benzene rings is 1. The number of hydrogen-bond donors (Lipinski definition) is 1. The highest BCUT2D eigenvalue weighted by Gasteiger charge is 2.35. The Bertz CT molecular complexity index is 1180. The van der Waals surface area contributed by atoms with Gasteiger partial charge in [-0.25, -0.2) is 4.39 Å². The average Bonchev–Trinajstić information content (AvgIpc) is 2.66. The number of rotatable bonds is 4. The third-order valence-electron chi connectivity index (χ3n) is 3.76. The molecule has 0 fully saturated rings. The van der Waals surface area contributed by atoms with Crippen LogP contribution in [0.15, 0.2) is 47.4 Å². The smallest absolute Gasteiger partial charge is 0.435 e. The number of aryl methyl sites for hydroxylation is 1. The molecule has 3 aromatic rings. The van der Waals surface area contributed by atoms with E-state index >= 15 is 0 Å². The lowest BCUT2D eigenvalue weighted by atomic mass is 10.2. The standard InChI is InChI=1S/C18H11ClF4N4O3/c1-27-5-4-10(7-15(27)28)24-16(29)11-8-14(18(21,22)23)25-26-17(11)30-13-3-2-9(20)6-12(13)19/h2-8H,1H3,(H,24,29). The van der Waals surface area contributed by atoms with Gasteiger partial charge in [0.1, 0.15) is 17.1 Å². The fourth-order valence-electron chi connectivity index (χ4n) is 2.24. The predicted molar refractivity (Wildman–Crippen MR) is 98.2 cm³/mol. The first-order chi connectivity index (χ1) is 14.0. The molecule has 156 valence electrons. The van der Waals surface area contributed by atoms with E-state index in [1.165, 1.54) is 23.9 Å². The van der Waals surface area contributed by atoms with Gasteiger partial charge in [0.2, 0.25) is 0 Å². The van der Waals surface area contributed by atoms with Crippen molar-refractivity contribution in [2.24, 2.45) is 7.05 Å². The van der Waals surface area contributed by atoms with Crippen molar-refractivity contribution in [2.45, 2.75) is 6.18 Å². The van der Waals surface area contributed by atoms with Crippen molar-refractivity contribution in [3.05, 3.63) is 75.0 Å². The van der Waals surface area contributed by atoms with Gasteiger partial charge in [0.15, 0.2) is 5.69 Å². The summed E-state index contributed by atoms with van der Waals surface area (Å²) in [5.74, 6) is -2.47. The molecule has 0 saturated heterocycles. The average molecular weight is 443 g/mol. The molecule has 1 aromatic carbocycles. The van der Waals surface area contributed by atoms with Crippen LogP contribution in [0.1, 0.15) is 16.1 Å². The maximum Gasteiger partial charge on any atom is 0.435 e. The van der Waals surface area contributed by atoms with E-state index in [2.05, 4.69) is 15.5 Å². The fourth-order valence-corrected chi connectivity index (χ4v) is 2.45. The van der Waals surface area contributed by atoms with Crippen molar-refractivity contribution >= 4 is 23.2 Å². The van der Waals surface area contributed by atoms with Crippen LogP contribution in [0.5, 0.6) is 11.6 Å². The van der Waals surface area contributed by atoms with Crippen LogP contribution in [-0.4, -0.2) is 20.7 Å². The summed E-state index contributed by atoms with van der Waals surface area (Å²) in [4.78, 5) is 24.3. The summed E-state index contributed by atoms with van der Waals surface area (Å²) < 4.78 is 58.9. The molecule has 1 amide bonds. The molecule has 7 nitrogen and oxygen atoms in total. The second kappa shape index (κ2) is 8.11. The molecule has 0 aliphatic carbocycles.